The van der Waals surface area contributed by atoms with Gasteiger partial charge in [0, 0.05) is 22.6 Å². The summed E-state index contributed by atoms with van der Waals surface area (Å²) in [6.07, 6.45) is 0.309. The Balaban J connectivity index is 2.12. The van der Waals surface area contributed by atoms with Crippen molar-refractivity contribution in [3.63, 3.8) is 0 Å². The molecule has 7 nitrogen and oxygen atoms in total. The topological polar surface area (TPSA) is 86.8 Å². The summed E-state index contributed by atoms with van der Waals surface area (Å²) in [5, 5.41) is 3.66. The number of carbonyl (C=O) groups excluding carboxylic acids is 2. The average molecular weight is 619 g/mol. The van der Waals surface area contributed by atoms with E-state index in [-0.39, 0.29) is 23.4 Å². The summed E-state index contributed by atoms with van der Waals surface area (Å²) in [6, 6.07) is 15.8. The quantitative estimate of drug-likeness (QED) is 0.268. The van der Waals surface area contributed by atoms with E-state index < -0.39 is 28.5 Å². The zero-order chi connectivity index (χ0) is 30.5. The molecular weight excluding hydrogens is 581 g/mol. The fourth-order valence-corrected chi connectivity index (χ4v) is 6.46. The maximum atomic E-state index is 14.2. The van der Waals surface area contributed by atoms with E-state index in [9.17, 15) is 18.0 Å². The first kappa shape index (κ1) is 32.4. The van der Waals surface area contributed by atoms with Gasteiger partial charge < -0.3 is 10.2 Å². The first-order valence-corrected chi connectivity index (χ1v) is 15.6. The van der Waals surface area contributed by atoms with Crippen LogP contribution in [-0.4, -0.2) is 43.8 Å². The van der Waals surface area contributed by atoms with E-state index in [4.69, 9.17) is 23.2 Å². The molecule has 2 amide bonds. The van der Waals surface area contributed by atoms with Gasteiger partial charge >= 0.3 is 0 Å². The number of nitrogens with one attached hydrogen (secondary N) is 1. The molecule has 0 saturated heterocycles. The first-order chi connectivity index (χ1) is 19.2. The molecule has 3 aromatic carbocycles. The number of nitrogens with zero attached hydrogens (tertiary/aromatic N) is 2. The van der Waals surface area contributed by atoms with Crippen LogP contribution in [0.5, 0.6) is 0 Å². The van der Waals surface area contributed by atoms with Gasteiger partial charge in [0.1, 0.15) is 12.6 Å². The van der Waals surface area contributed by atoms with Crippen LogP contribution in [-0.2, 0) is 26.2 Å². The van der Waals surface area contributed by atoms with Gasteiger partial charge in [-0.3, -0.25) is 13.9 Å². The maximum absolute atomic E-state index is 14.2. The van der Waals surface area contributed by atoms with Crippen molar-refractivity contribution in [3.05, 3.63) is 93.0 Å². The highest BCUT2D eigenvalue weighted by Gasteiger charge is 2.34. The molecular formula is C31H37Cl2N3O4S. The summed E-state index contributed by atoms with van der Waals surface area (Å²) in [7, 11) is -4.15. The number of anilines is 1. The summed E-state index contributed by atoms with van der Waals surface area (Å²) in [5.41, 5.74) is 3.55. The Morgan fingerprint density at radius 2 is 1.49 bits per heavy atom. The standard InChI is InChI=1S/C31H37Cl2N3O4S/c1-7-29(31(38)34-20(2)3)35(18-24-10-11-25(32)17-28(24)33)30(37)19-36(26-15-22(5)14-23(6)16-26)41(39,40)27-12-8-21(4)9-13-27/h8-17,20,29H,7,18-19H2,1-6H3,(H,34,38)/t29-/m0/s1. The summed E-state index contributed by atoms with van der Waals surface area (Å²) < 4.78 is 29.2. The van der Waals surface area contributed by atoms with Gasteiger partial charge in [-0.15, -0.1) is 0 Å². The van der Waals surface area contributed by atoms with Gasteiger partial charge in [-0.25, -0.2) is 8.42 Å². The second-order valence-electron chi connectivity index (χ2n) is 10.5. The lowest BCUT2D eigenvalue weighted by molar-refractivity contribution is -0.140. The number of rotatable bonds is 11. The van der Waals surface area contributed by atoms with Crippen molar-refractivity contribution < 1.29 is 18.0 Å². The highest BCUT2D eigenvalue weighted by molar-refractivity contribution is 7.92. The first-order valence-electron chi connectivity index (χ1n) is 13.4. The summed E-state index contributed by atoms with van der Waals surface area (Å²) in [6.45, 7) is 10.6. The minimum atomic E-state index is -4.15. The van der Waals surface area contributed by atoms with Gasteiger partial charge in [0.25, 0.3) is 10.0 Å². The van der Waals surface area contributed by atoms with Crippen molar-refractivity contribution in [2.24, 2.45) is 0 Å². The van der Waals surface area contributed by atoms with E-state index in [0.717, 1.165) is 21.0 Å². The number of aryl methyl sites for hydroxylation is 3. The highest BCUT2D eigenvalue weighted by Crippen LogP contribution is 2.28. The van der Waals surface area contributed by atoms with Crippen molar-refractivity contribution in [2.75, 3.05) is 10.8 Å². The molecule has 1 N–H and O–H groups in total. The van der Waals surface area contributed by atoms with Gasteiger partial charge in [0.05, 0.1) is 10.6 Å². The number of hydrogen-bond acceptors (Lipinski definition) is 4. The highest BCUT2D eigenvalue weighted by atomic mass is 35.5. The Hall–Kier alpha value is -3.07. The fourth-order valence-electron chi connectivity index (χ4n) is 4.59. The molecule has 0 heterocycles. The van der Waals surface area contributed by atoms with E-state index in [1.165, 1.54) is 17.0 Å². The SMILES string of the molecule is CC[C@@H](C(=O)NC(C)C)N(Cc1ccc(Cl)cc1Cl)C(=O)CN(c1cc(C)cc(C)c1)S(=O)(=O)c1ccc(C)cc1. The molecule has 0 bridgehead atoms. The van der Waals surface area contributed by atoms with Gasteiger partial charge in [0.15, 0.2) is 0 Å². The Kier molecular flexibility index (Phi) is 10.9. The van der Waals surface area contributed by atoms with E-state index in [1.807, 2.05) is 40.7 Å². The molecule has 3 aromatic rings. The van der Waals surface area contributed by atoms with Crippen molar-refractivity contribution in [3.8, 4) is 0 Å². The molecule has 0 aromatic heterocycles. The third-order valence-corrected chi connectivity index (χ3v) is 8.93. The molecule has 3 rings (SSSR count). The van der Waals surface area contributed by atoms with E-state index in [2.05, 4.69) is 5.32 Å². The minimum Gasteiger partial charge on any atom is -0.352 e. The Morgan fingerprint density at radius 3 is 2.02 bits per heavy atom. The second-order valence-corrected chi connectivity index (χ2v) is 13.2. The molecule has 0 aliphatic rings. The Bertz CT molecular complexity index is 1490. The number of halogens is 2. The molecule has 0 aliphatic carbocycles. The van der Waals surface area contributed by atoms with Crippen LogP contribution < -0.4 is 9.62 Å². The number of amides is 2. The van der Waals surface area contributed by atoms with Crippen LogP contribution >= 0.6 is 23.2 Å². The molecule has 0 aliphatic heterocycles. The zero-order valence-corrected chi connectivity index (χ0v) is 26.6. The van der Waals surface area contributed by atoms with Crippen molar-refractivity contribution >= 4 is 50.7 Å². The molecule has 10 heteroatoms. The van der Waals surface area contributed by atoms with Crippen LogP contribution in [0.1, 0.15) is 49.4 Å². The molecule has 220 valence electrons. The lowest BCUT2D eigenvalue weighted by atomic mass is 10.1. The summed E-state index contributed by atoms with van der Waals surface area (Å²) >= 11 is 12.6. The normalized spacial score (nSPS) is 12.2. The Morgan fingerprint density at radius 1 is 0.878 bits per heavy atom. The monoisotopic (exact) mass is 617 g/mol. The molecule has 0 unspecified atom stereocenters. The van der Waals surface area contributed by atoms with E-state index in [1.54, 1.807) is 49.4 Å². The van der Waals surface area contributed by atoms with Gasteiger partial charge in [-0.05, 0) is 94.1 Å². The number of carbonyl (C=O) groups is 2. The maximum Gasteiger partial charge on any atom is 0.264 e. The third kappa shape index (κ3) is 8.24. The second kappa shape index (κ2) is 13.7. The van der Waals surface area contributed by atoms with Gasteiger partial charge in [-0.1, -0.05) is 60.0 Å². The Labute approximate surface area is 253 Å². The number of hydrogen-bond donors (Lipinski definition) is 1. The smallest absolute Gasteiger partial charge is 0.264 e. The number of sulfonamides is 1. The van der Waals surface area contributed by atoms with Gasteiger partial charge in [0.2, 0.25) is 11.8 Å². The van der Waals surface area contributed by atoms with Crippen molar-refractivity contribution in [2.45, 2.75) is 71.5 Å². The van der Waals surface area contributed by atoms with Crippen LogP contribution in [0.25, 0.3) is 0 Å². The van der Waals surface area contributed by atoms with Crippen LogP contribution in [0.4, 0.5) is 5.69 Å². The molecule has 0 fully saturated rings. The van der Waals surface area contributed by atoms with Crippen molar-refractivity contribution in [1.29, 1.82) is 0 Å². The predicted molar refractivity (Wildman–Crippen MR) is 166 cm³/mol. The third-order valence-electron chi connectivity index (χ3n) is 6.55. The van der Waals surface area contributed by atoms with Crippen LogP contribution in [0.2, 0.25) is 10.0 Å². The lowest BCUT2D eigenvalue weighted by Crippen LogP contribution is -2.53. The minimum absolute atomic E-state index is 0.00980. The average Bonchev–Trinajstić information content (AvgIpc) is 2.87. The van der Waals surface area contributed by atoms with E-state index in [0.29, 0.717) is 27.7 Å². The number of benzene rings is 3. The predicted octanol–water partition coefficient (Wildman–Crippen LogP) is 6.45. The lowest BCUT2D eigenvalue weighted by Gasteiger charge is -2.34. The van der Waals surface area contributed by atoms with Gasteiger partial charge in [-0.2, -0.15) is 0 Å². The van der Waals surface area contributed by atoms with Crippen LogP contribution in [0.15, 0.2) is 65.6 Å². The van der Waals surface area contributed by atoms with Crippen LogP contribution in [0, 0.1) is 20.8 Å². The summed E-state index contributed by atoms with van der Waals surface area (Å²) in [5.74, 6) is -0.878. The van der Waals surface area contributed by atoms with Crippen LogP contribution in [0.3, 0.4) is 0 Å². The molecule has 1 atom stereocenters. The summed E-state index contributed by atoms with van der Waals surface area (Å²) in [4.78, 5) is 28.9. The van der Waals surface area contributed by atoms with Crippen molar-refractivity contribution in [1.82, 2.24) is 10.2 Å². The molecule has 0 spiro atoms. The molecule has 41 heavy (non-hydrogen) atoms. The van der Waals surface area contributed by atoms with E-state index >= 15 is 0 Å². The molecule has 0 radical (unpaired) electrons. The molecule has 0 saturated carbocycles. The largest absolute Gasteiger partial charge is 0.352 e. The fraction of sp³-hybridized carbons (Fsp3) is 0.355. The zero-order valence-electron chi connectivity index (χ0n) is 24.2.